The predicted octanol–water partition coefficient (Wildman–Crippen LogP) is 2.68. The first kappa shape index (κ1) is 12.3. The van der Waals surface area contributed by atoms with Crippen molar-refractivity contribution in [3.8, 4) is 0 Å². The van der Waals surface area contributed by atoms with Gasteiger partial charge in [-0.15, -0.1) is 0 Å². The molecule has 15 heavy (non-hydrogen) atoms. The fraction of sp³-hybridized carbons (Fsp3) is 0.300. The number of aliphatic carboxylic acids is 1. The number of halogens is 2. The van der Waals surface area contributed by atoms with Crippen LogP contribution >= 0.6 is 23.2 Å². The smallest absolute Gasteiger partial charge is 0.325 e. The Kier molecular flexibility index (Phi) is 3.97. The summed E-state index contributed by atoms with van der Waals surface area (Å²) in [4.78, 5) is 12.6. The zero-order valence-corrected chi connectivity index (χ0v) is 9.88. The molecule has 1 atom stereocenters. The van der Waals surface area contributed by atoms with Crippen LogP contribution in [0.1, 0.15) is 11.6 Å². The number of carboxylic acid groups (broad SMARTS) is 1. The quantitative estimate of drug-likeness (QED) is 0.893. The minimum Gasteiger partial charge on any atom is -0.480 e. The highest BCUT2D eigenvalue weighted by atomic mass is 35.5. The molecule has 0 amide bonds. The number of benzene rings is 1. The first-order valence-corrected chi connectivity index (χ1v) is 5.02. The summed E-state index contributed by atoms with van der Waals surface area (Å²) in [6.45, 7) is 0. The number of likely N-dealkylation sites (N-methyl/N-ethyl adjacent to an activating group) is 1. The zero-order chi connectivity index (χ0) is 11.6. The van der Waals surface area contributed by atoms with Gasteiger partial charge in [0, 0.05) is 10.0 Å². The van der Waals surface area contributed by atoms with E-state index in [1.54, 1.807) is 37.2 Å². The standard InChI is InChI=1S/C10H11Cl2NO2/c1-13(2)9(10(14)15)6-3-7(11)5-8(12)4-6/h3-5,9H,1-2H3,(H,14,15). The normalized spacial score (nSPS) is 12.9. The molecule has 1 aromatic rings. The van der Waals surface area contributed by atoms with Gasteiger partial charge in [0.05, 0.1) is 0 Å². The molecule has 0 spiro atoms. The molecule has 3 nitrogen and oxygen atoms in total. The van der Waals surface area contributed by atoms with Gasteiger partial charge < -0.3 is 5.11 Å². The Balaban J connectivity index is 3.17. The highest BCUT2D eigenvalue weighted by Crippen LogP contribution is 2.26. The fourth-order valence-corrected chi connectivity index (χ4v) is 1.94. The zero-order valence-electron chi connectivity index (χ0n) is 8.37. The average molecular weight is 248 g/mol. The van der Waals surface area contributed by atoms with E-state index in [0.29, 0.717) is 15.6 Å². The second-order valence-electron chi connectivity index (χ2n) is 3.41. The molecule has 1 rings (SSSR count). The van der Waals surface area contributed by atoms with Gasteiger partial charge in [0.2, 0.25) is 0 Å². The SMILES string of the molecule is CN(C)C(C(=O)O)c1cc(Cl)cc(Cl)c1. The Labute approximate surface area is 98.2 Å². The van der Waals surface area contributed by atoms with Crippen molar-refractivity contribution in [1.29, 1.82) is 0 Å². The molecule has 1 N–H and O–H groups in total. The van der Waals surface area contributed by atoms with Crippen LogP contribution in [0.4, 0.5) is 0 Å². The van der Waals surface area contributed by atoms with Crippen molar-refractivity contribution in [3.05, 3.63) is 33.8 Å². The maximum Gasteiger partial charge on any atom is 0.325 e. The topological polar surface area (TPSA) is 40.5 Å². The Morgan fingerprint density at radius 2 is 1.73 bits per heavy atom. The summed E-state index contributed by atoms with van der Waals surface area (Å²) in [6.07, 6.45) is 0. The van der Waals surface area contributed by atoms with Crippen molar-refractivity contribution in [2.75, 3.05) is 14.1 Å². The summed E-state index contributed by atoms with van der Waals surface area (Å²) in [5.41, 5.74) is 0.574. The summed E-state index contributed by atoms with van der Waals surface area (Å²) in [5.74, 6) is -0.932. The number of rotatable bonds is 3. The van der Waals surface area contributed by atoms with Gasteiger partial charge in [-0.2, -0.15) is 0 Å². The van der Waals surface area contributed by atoms with Gasteiger partial charge in [-0.25, -0.2) is 0 Å². The molecule has 1 unspecified atom stereocenters. The third-order valence-corrected chi connectivity index (χ3v) is 2.39. The van der Waals surface area contributed by atoms with Crippen molar-refractivity contribution in [2.24, 2.45) is 0 Å². The van der Waals surface area contributed by atoms with Crippen LogP contribution in [-0.2, 0) is 4.79 Å². The Bertz CT molecular complexity index is 359. The number of carbonyl (C=O) groups is 1. The van der Waals surface area contributed by atoms with Gasteiger partial charge in [-0.3, -0.25) is 9.69 Å². The third kappa shape index (κ3) is 3.09. The molecule has 0 aromatic heterocycles. The molecule has 0 fully saturated rings. The molecule has 0 saturated heterocycles. The predicted molar refractivity (Wildman–Crippen MR) is 60.5 cm³/mol. The first-order valence-electron chi connectivity index (χ1n) is 4.27. The summed E-state index contributed by atoms with van der Waals surface area (Å²) < 4.78 is 0. The molecule has 0 radical (unpaired) electrons. The maximum atomic E-state index is 11.0. The second kappa shape index (κ2) is 4.84. The molecule has 82 valence electrons. The molecule has 0 aliphatic heterocycles. The van der Waals surface area contributed by atoms with Crippen LogP contribution in [0.25, 0.3) is 0 Å². The van der Waals surface area contributed by atoms with Crippen molar-refractivity contribution in [2.45, 2.75) is 6.04 Å². The lowest BCUT2D eigenvalue weighted by atomic mass is 10.1. The lowest BCUT2D eigenvalue weighted by Gasteiger charge is -2.20. The van der Waals surface area contributed by atoms with Gasteiger partial charge >= 0.3 is 5.97 Å². The minimum atomic E-state index is -0.932. The van der Waals surface area contributed by atoms with E-state index >= 15 is 0 Å². The van der Waals surface area contributed by atoms with Crippen LogP contribution in [0.2, 0.25) is 10.0 Å². The highest BCUT2D eigenvalue weighted by molar-refractivity contribution is 6.34. The van der Waals surface area contributed by atoms with Gasteiger partial charge in [0.25, 0.3) is 0 Å². The van der Waals surface area contributed by atoms with E-state index in [4.69, 9.17) is 28.3 Å². The van der Waals surface area contributed by atoms with Crippen LogP contribution in [0.3, 0.4) is 0 Å². The number of nitrogens with zero attached hydrogens (tertiary/aromatic N) is 1. The molecule has 0 aliphatic rings. The lowest BCUT2D eigenvalue weighted by Crippen LogP contribution is -2.27. The van der Waals surface area contributed by atoms with Crippen LogP contribution in [0.5, 0.6) is 0 Å². The van der Waals surface area contributed by atoms with Gasteiger partial charge in [0.15, 0.2) is 0 Å². The van der Waals surface area contributed by atoms with E-state index in [9.17, 15) is 4.79 Å². The van der Waals surface area contributed by atoms with E-state index in [1.165, 1.54) is 0 Å². The highest BCUT2D eigenvalue weighted by Gasteiger charge is 2.22. The molecular weight excluding hydrogens is 237 g/mol. The third-order valence-electron chi connectivity index (χ3n) is 1.95. The lowest BCUT2D eigenvalue weighted by molar-refractivity contribution is -0.142. The largest absolute Gasteiger partial charge is 0.480 e. The molecule has 0 bridgehead atoms. The molecule has 5 heteroatoms. The maximum absolute atomic E-state index is 11.0. The summed E-state index contributed by atoms with van der Waals surface area (Å²) in [7, 11) is 3.38. The number of hydrogen-bond acceptors (Lipinski definition) is 2. The van der Waals surface area contributed by atoms with Crippen molar-refractivity contribution in [3.63, 3.8) is 0 Å². The van der Waals surface area contributed by atoms with Crippen LogP contribution in [0.15, 0.2) is 18.2 Å². The summed E-state index contributed by atoms with van der Waals surface area (Å²) in [6, 6.07) is 4.04. The second-order valence-corrected chi connectivity index (χ2v) is 4.28. The number of carboxylic acids is 1. The van der Waals surface area contributed by atoms with E-state index in [1.807, 2.05) is 0 Å². The minimum absolute atomic E-state index is 0.436. The van der Waals surface area contributed by atoms with Crippen LogP contribution in [0, 0.1) is 0 Å². The first-order chi connectivity index (χ1) is 6.91. The summed E-state index contributed by atoms with van der Waals surface area (Å²) >= 11 is 11.6. The van der Waals surface area contributed by atoms with Gasteiger partial charge in [-0.1, -0.05) is 23.2 Å². The molecule has 0 saturated carbocycles. The molecular formula is C10H11Cl2NO2. The van der Waals surface area contributed by atoms with Crippen molar-refractivity contribution in [1.82, 2.24) is 4.90 Å². The van der Waals surface area contributed by atoms with E-state index in [0.717, 1.165) is 0 Å². The molecule has 1 aromatic carbocycles. The monoisotopic (exact) mass is 247 g/mol. The Morgan fingerprint density at radius 3 is 2.07 bits per heavy atom. The van der Waals surface area contributed by atoms with E-state index in [2.05, 4.69) is 0 Å². The number of hydrogen-bond donors (Lipinski definition) is 1. The molecule has 0 heterocycles. The van der Waals surface area contributed by atoms with Crippen LogP contribution < -0.4 is 0 Å². The van der Waals surface area contributed by atoms with Crippen molar-refractivity contribution < 1.29 is 9.90 Å². The van der Waals surface area contributed by atoms with E-state index < -0.39 is 12.0 Å². The average Bonchev–Trinajstić information content (AvgIpc) is 1.99. The van der Waals surface area contributed by atoms with E-state index in [-0.39, 0.29) is 0 Å². The van der Waals surface area contributed by atoms with Gasteiger partial charge in [0.1, 0.15) is 6.04 Å². The van der Waals surface area contributed by atoms with Crippen molar-refractivity contribution >= 4 is 29.2 Å². The Morgan fingerprint density at radius 1 is 1.27 bits per heavy atom. The summed E-state index contributed by atoms with van der Waals surface area (Å²) in [5, 5.41) is 9.92. The van der Waals surface area contributed by atoms with Gasteiger partial charge in [-0.05, 0) is 37.9 Å². The van der Waals surface area contributed by atoms with Crippen LogP contribution in [-0.4, -0.2) is 30.1 Å². The fourth-order valence-electron chi connectivity index (χ4n) is 1.39. The molecule has 0 aliphatic carbocycles. The Hall–Kier alpha value is -0.770.